The Balaban J connectivity index is 2.34. The number of epoxide rings is 1. The second-order valence-electron chi connectivity index (χ2n) is 3.63. The molecule has 0 saturated carbocycles. The minimum Gasteiger partial charge on any atom is -0.368 e. The predicted molar refractivity (Wildman–Crippen MR) is 65.5 cm³/mol. The summed E-state index contributed by atoms with van der Waals surface area (Å²) in [5.41, 5.74) is 1.56. The first-order valence-corrected chi connectivity index (χ1v) is 5.85. The van der Waals surface area contributed by atoms with Crippen molar-refractivity contribution in [3.8, 4) is 0 Å². The van der Waals surface area contributed by atoms with Crippen LogP contribution in [0.5, 0.6) is 0 Å². The largest absolute Gasteiger partial charge is 0.368 e. The van der Waals surface area contributed by atoms with Gasteiger partial charge in [0.05, 0.1) is 22.2 Å². The van der Waals surface area contributed by atoms with Crippen molar-refractivity contribution < 1.29 is 4.74 Å². The zero-order valence-corrected chi connectivity index (χ0v) is 10.3. The molecule has 2 nitrogen and oxygen atoms in total. The molecule has 0 bridgehead atoms. The van der Waals surface area contributed by atoms with Crippen molar-refractivity contribution >= 4 is 45.7 Å². The number of halogens is 3. The quantitative estimate of drug-likeness (QED) is 0.726. The zero-order valence-electron chi connectivity index (χ0n) is 8.01. The minimum absolute atomic E-state index is 0.0714. The van der Waals surface area contributed by atoms with Gasteiger partial charge in [0.1, 0.15) is 6.10 Å². The summed E-state index contributed by atoms with van der Waals surface area (Å²) in [4.78, 5) is 4.29. The number of aromatic nitrogens is 1. The SMILES string of the molecule is Clc1cc(Cl)c2ncc(C3CO3)c(Cl)c2c1. The summed E-state index contributed by atoms with van der Waals surface area (Å²) >= 11 is 18.3. The van der Waals surface area contributed by atoms with E-state index in [1.165, 1.54) is 0 Å². The highest BCUT2D eigenvalue weighted by Crippen LogP contribution is 2.39. The van der Waals surface area contributed by atoms with E-state index < -0.39 is 0 Å². The average Bonchev–Trinajstić information content (AvgIpc) is 3.03. The molecule has 1 unspecified atom stereocenters. The predicted octanol–water partition coefficient (Wildman–Crippen LogP) is 4.27. The standard InChI is InChI=1S/C11H6Cl3NO/c12-5-1-6-10(14)7(9-4-16-9)3-15-11(6)8(13)2-5/h1-3,9H,4H2. The Morgan fingerprint density at radius 3 is 2.69 bits per heavy atom. The summed E-state index contributed by atoms with van der Waals surface area (Å²) in [7, 11) is 0. The number of hydrogen-bond donors (Lipinski definition) is 0. The highest BCUT2D eigenvalue weighted by Gasteiger charge is 2.28. The van der Waals surface area contributed by atoms with Crippen LogP contribution in [0.1, 0.15) is 11.7 Å². The second kappa shape index (κ2) is 3.74. The third-order valence-corrected chi connectivity index (χ3v) is 3.46. The maximum atomic E-state index is 6.28. The maximum absolute atomic E-state index is 6.28. The van der Waals surface area contributed by atoms with Gasteiger partial charge in [-0.05, 0) is 12.1 Å². The molecule has 3 rings (SSSR count). The molecule has 0 radical (unpaired) electrons. The van der Waals surface area contributed by atoms with Crippen molar-refractivity contribution in [2.45, 2.75) is 6.10 Å². The van der Waals surface area contributed by atoms with E-state index in [2.05, 4.69) is 4.98 Å². The highest BCUT2D eigenvalue weighted by molar-refractivity contribution is 6.41. The van der Waals surface area contributed by atoms with Gasteiger partial charge >= 0.3 is 0 Å². The van der Waals surface area contributed by atoms with Gasteiger partial charge in [-0.3, -0.25) is 4.98 Å². The summed E-state index contributed by atoms with van der Waals surface area (Å²) in [5, 5.41) is 2.45. The second-order valence-corrected chi connectivity index (χ2v) is 4.85. The Morgan fingerprint density at radius 1 is 1.25 bits per heavy atom. The number of hydrogen-bond acceptors (Lipinski definition) is 2. The molecule has 1 aliphatic heterocycles. The Hall–Kier alpha value is -0.540. The van der Waals surface area contributed by atoms with Crippen molar-refractivity contribution in [3.63, 3.8) is 0 Å². The summed E-state index contributed by atoms with van der Waals surface area (Å²) < 4.78 is 5.19. The Morgan fingerprint density at radius 2 is 2.00 bits per heavy atom. The van der Waals surface area contributed by atoms with Crippen LogP contribution < -0.4 is 0 Å². The zero-order chi connectivity index (χ0) is 11.3. The molecule has 0 aliphatic carbocycles. The third kappa shape index (κ3) is 1.66. The van der Waals surface area contributed by atoms with Crippen LogP contribution >= 0.6 is 34.8 Å². The molecule has 1 saturated heterocycles. The summed E-state index contributed by atoms with van der Waals surface area (Å²) in [6.07, 6.45) is 1.78. The maximum Gasteiger partial charge on any atom is 0.109 e. The monoisotopic (exact) mass is 273 g/mol. The molecule has 1 aromatic heterocycles. The van der Waals surface area contributed by atoms with E-state index in [4.69, 9.17) is 39.5 Å². The summed E-state index contributed by atoms with van der Waals surface area (Å²) in [5.74, 6) is 0. The molecule has 0 spiro atoms. The van der Waals surface area contributed by atoms with Crippen molar-refractivity contribution in [2.24, 2.45) is 0 Å². The van der Waals surface area contributed by atoms with Crippen molar-refractivity contribution in [2.75, 3.05) is 6.61 Å². The fourth-order valence-corrected chi connectivity index (χ4v) is 2.52. The Bertz CT molecular complexity index is 581. The number of pyridine rings is 1. The van der Waals surface area contributed by atoms with Gasteiger partial charge in [-0.15, -0.1) is 0 Å². The van der Waals surface area contributed by atoms with E-state index in [0.29, 0.717) is 27.2 Å². The van der Waals surface area contributed by atoms with Crippen molar-refractivity contribution in [1.82, 2.24) is 4.98 Å². The highest BCUT2D eigenvalue weighted by atomic mass is 35.5. The van der Waals surface area contributed by atoms with E-state index in [0.717, 1.165) is 10.9 Å². The van der Waals surface area contributed by atoms with Crippen LogP contribution in [0.15, 0.2) is 18.3 Å². The first kappa shape index (κ1) is 10.6. The van der Waals surface area contributed by atoms with Crippen molar-refractivity contribution in [1.29, 1.82) is 0 Å². The summed E-state index contributed by atoms with van der Waals surface area (Å²) in [6, 6.07) is 3.42. The fraction of sp³-hybridized carbons (Fsp3) is 0.182. The number of fused-ring (bicyclic) bond motifs is 1. The molecule has 5 heteroatoms. The lowest BCUT2D eigenvalue weighted by Gasteiger charge is -2.06. The first-order valence-electron chi connectivity index (χ1n) is 4.71. The van der Waals surface area contributed by atoms with E-state index in [9.17, 15) is 0 Å². The van der Waals surface area contributed by atoms with Crippen LogP contribution in [0.4, 0.5) is 0 Å². The Kier molecular flexibility index (Phi) is 2.48. The van der Waals surface area contributed by atoms with E-state index in [1.54, 1.807) is 18.3 Å². The van der Waals surface area contributed by atoms with Gasteiger partial charge < -0.3 is 4.74 Å². The average molecular weight is 275 g/mol. The van der Waals surface area contributed by atoms with Gasteiger partial charge in [0.2, 0.25) is 0 Å². The van der Waals surface area contributed by atoms with Crippen LogP contribution in [0, 0.1) is 0 Å². The molecule has 2 heterocycles. The van der Waals surface area contributed by atoms with Gasteiger partial charge in [-0.2, -0.15) is 0 Å². The first-order chi connectivity index (χ1) is 7.66. The lowest BCUT2D eigenvalue weighted by molar-refractivity contribution is 0.415. The number of benzene rings is 1. The van der Waals surface area contributed by atoms with Crippen LogP contribution in [0.25, 0.3) is 10.9 Å². The number of nitrogens with zero attached hydrogens (tertiary/aromatic N) is 1. The topological polar surface area (TPSA) is 25.4 Å². The van der Waals surface area contributed by atoms with Crippen molar-refractivity contribution in [3.05, 3.63) is 39.0 Å². The molecule has 1 fully saturated rings. The summed E-state index contributed by atoms with van der Waals surface area (Å²) in [6.45, 7) is 0.696. The minimum atomic E-state index is 0.0714. The lowest BCUT2D eigenvalue weighted by atomic mass is 10.1. The molecule has 16 heavy (non-hydrogen) atoms. The van der Waals surface area contributed by atoms with E-state index >= 15 is 0 Å². The smallest absolute Gasteiger partial charge is 0.109 e. The molecule has 1 aromatic carbocycles. The van der Waals surface area contributed by atoms with Crippen LogP contribution in [-0.2, 0) is 4.74 Å². The van der Waals surface area contributed by atoms with Crippen LogP contribution in [0.3, 0.4) is 0 Å². The molecule has 1 aliphatic rings. The van der Waals surface area contributed by atoms with E-state index in [-0.39, 0.29) is 6.10 Å². The van der Waals surface area contributed by atoms with E-state index in [1.807, 2.05) is 0 Å². The third-order valence-electron chi connectivity index (χ3n) is 2.53. The molecule has 0 N–H and O–H groups in total. The number of rotatable bonds is 1. The molecular weight excluding hydrogens is 268 g/mol. The van der Waals surface area contributed by atoms with Gasteiger partial charge in [-0.1, -0.05) is 34.8 Å². The Labute approximate surface area is 107 Å². The molecule has 1 atom stereocenters. The normalized spacial score (nSPS) is 19.1. The van der Waals surface area contributed by atoms with Gasteiger partial charge in [0.15, 0.2) is 0 Å². The molecular formula is C11H6Cl3NO. The van der Waals surface area contributed by atoms with Crippen LogP contribution in [-0.4, -0.2) is 11.6 Å². The number of ether oxygens (including phenoxy) is 1. The van der Waals surface area contributed by atoms with Gasteiger partial charge in [-0.25, -0.2) is 0 Å². The fourth-order valence-electron chi connectivity index (χ4n) is 1.66. The molecule has 2 aromatic rings. The van der Waals surface area contributed by atoms with Gasteiger partial charge in [0, 0.05) is 22.2 Å². The van der Waals surface area contributed by atoms with Gasteiger partial charge in [0.25, 0.3) is 0 Å². The van der Waals surface area contributed by atoms with Crippen LogP contribution in [0.2, 0.25) is 15.1 Å². The lowest BCUT2D eigenvalue weighted by Crippen LogP contribution is -1.89. The molecule has 82 valence electrons. The molecule has 0 amide bonds.